The van der Waals surface area contributed by atoms with Gasteiger partial charge >= 0.3 is 0 Å². The summed E-state index contributed by atoms with van der Waals surface area (Å²) in [6, 6.07) is 0. The molecule has 2 saturated carbocycles. The van der Waals surface area contributed by atoms with Crippen molar-refractivity contribution in [2.45, 2.75) is 57.8 Å². The molecule has 118 valence electrons. The first-order chi connectivity index (χ1) is 9.13. The average Bonchev–Trinajstić information content (AvgIpc) is 2.21. The Kier molecular flexibility index (Phi) is 4.74. The maximum atomic E-state index is 13.5. The molecule has 2 bridgehead atoms. The second-order valence-corrected chi connectivity index (χ2v) is 8.46. The van der Waals surface area contributed by atoms with Crippen LogP contribution in [0.5, 0.6) is 0 Å². The molecule has 6 heteroatoms. The zero-order valence-electron chi connectivity index (χ0n) is 11.9. The fourth-order valence-electron chi connectivity index (χ4n) is 4.31. The molecule has 2 atom stereocenters. The van der Waals surface area contributed by atoms with E-state index in [0.29, 0.717) is 24.2 Å². The summed E-state index contributed by atoms with van der Waals surface area (Å²) in [6.45, 7) is 2.26. The van der Waals surface area contributed by atoms with Gasteiger partial charge in [-0.2, -0.15) is 8.42 Å². The molecule has 0 aromatic carbocycles. The van der Waals surface area contributed by atoms with Crippen LogP contribution in [-0.4, -0.2) is 24.6 Å². The Hall–Kier alpha value is -0.230. The van der Waals surface area contributed by atoms with Crippen molar-refractivity contribution in [3.63, 3.8) is 0 Å². The predicted octanol–water partition coefficient (Wildman–Crippen LogP) is 3.75. The molecule has 2 fully saturated rings. The van der Waals surface area contributed by atoms with Crippen LogP contribution >= 0.6 is 0 Å². The van der Waals surface area contributed by atoms with Gasteiger partial charge in [-0.15, -0.1) is 0 Å². The van der Waals surface area contributed by atoms with Gasteiger partial charge in [-0.05, 0) is 62.2 Å². The third-order valence-electron chi connectivity index (χ3n) is 4.78. The minimum atomic E-state index is -4.61. The molecular weight excluding hydrogens is 286 g/mol. The highest BCUT2D eigenvalue weighted by Crippen LogP contribution is 2.46. The number of hydrogen-bond acceptors (Lipinski definition) is 2. The average molecular weight is 310 g/mol. The van der Waals surface area contributed by atoms with Crippen molar-refractivity contribution in [2.75, 3.05) is 5.75 Å². The second-order valence-electron chi connectivity index (χ2n) is 7.00. The van der Waals surface area contributed by atoms with Crippen LogP contribution in [-0.2, 0) is 10.1 Å². The fourth-order valence-corrected chi connectivity index (χ4v) is 4.99. The zero-order chi connectivity index (χ0) is 15.0. The summed E-state index contributed by atoms with van der Waals surface area (Å²) in [6.07, 6.45) is 5.58. The highest BCUT2D eigenvalue weighted by Gasteiger charge is 2.38. The van der Waals surface area contributed by atoms with Gasteiger partial charge in [0, 0.05) is 6.42 Å². The third kappa shape index (κ3) is 4.95. The van der Waals surface area contributed by atoms with Crippen LogP contribution in [0.15, 0.2) is 0 Å². The molecule has 3 nitrogen and oxygen atoms in total. The lowest BCUT2D eigenvalue weighted by molar-refractivity contribution is 0.00110. The van der Waals surface area contributed by atoms with Crippen LogP contribution in [0.1, 0.15) is 51.9 Å². The molecule has 2 unspecified atom stereocenters. The molecule has 2 rings (SSSR count). The smallest absolute Gasteiger partial charge is 0.270 e. The lowest BCUT2D eigenvalue weighted by Gasteiger charge is -2.42. The van der Waals surface area contributed by atoms with Gasteiger partial charge in [-0.25, -0.2) is 8.78 Å². The summed E-state index contributed by atoms with van der Waals surface area (Å²) >= 11 is 0. The Balaban J connectivity index is 1.83. The van der Waals surface area contributed by atoms with Gasteiger partial charge in [-0.1, -0.05) is 6.92 Å². The van der Waals surface area contributed by atoms with E-state index in [0.717, 1.165) is 18.8 Å². The Morgan fingerprint density at radius 1 is 1.10 bits per heavy atom. The molecule has 0 aromatic rings. The normalized spacial score (nSPS) is 35.0. The van der Waals surface area contributed by atoms with Crippen LogP contribution in [0.4, 0.5) is 8.78 Å². The molecule has 2 aliphatic rings. The van der Waals surface area contributed by atoms with E-state index in [1.807, 2.05) is 0 Å². The number of fused-ring (bicyclic) bond motifs is 2. The summed E-state index contributed by atoms with van der Waals surface area (Å²) in [5, 5.41) is 0. The molecule has 0 radical (unpaired) electrons. The summed E-state index contributed by atoms with van der Waals surface area (Å²) in [7, 11) is -4.61. The monoisotopic (exact) mass is 310 g/mol. The van der Waals surface area contributed by atoms with E-state index in [1.54, 1.807) is 0 Å². The van der Waals surface area contributed by atoms with E-state index in [9.17, 15) is 17.2 Å². The van der Waals surface area contributed by atoms with E-state index >= 15 is 0 Å². The second kappa shape index (κ2) is 5.87. The molecular formula is C14H24F2O3S. The van der Waals surface area contributed by atoms with E-state index < -0.39 is 28.2 Å². The van der Waals surface area contributed by atoms with Gasteiger partial charge in [0.1, 0.15) is 5.75 Å². The minimum absolute atomic E-state index is 0.290. The van der Waals surface area contributed by atoms with E-state index in [4.69, 9.17) is 4.55 Å². The number of alkyl halides is 2. The van der Waals surface area contributed by atoms with Gasteiger partial charge in [0.05, 0.1) is 0 Å². The molecule has 1 N–H and O–H groups in total. The van der Waals surface area contributed by atoms with Crippen molar-refractivity contribution >= 4 is 10.1 Å². The Morgan fingerprint density at radius 3 is 2.15 bits per heavy atom. The standard InChI is InChI=1S/C14H24F2O3S/c1-10-4-12-6-11(7-13(5-10)8-12)2-3-14(15,16)9-20(17,18)19/h10-13H,2-9H2,1H3,(H,17,18,19). The summed E-state index contributed by atoms with van der Waals surface area (Å²) < 4.78 is 56.7. The maximum Gasteiger partial charge on any atom is 0.270 e. The van der Waals surface area contributed by atoms with Gasteiger partial charge < -0.3 is 0 Å². The quantitative estimate of drug-likeness (QED) is 0.787. The summed E-state index contributed by atoms with van der Waals surface area (Å²) in [5.74, 6) is -2.39. The summed E-state index contributed by atoms with van der Waals surface area (Å²) in [4.78, 5) is 0. The molecule has 0 aromatic heterocycles. The first-order valence-corrected chi connectivity index (χ1v) is 9.07. The Morgan fingerprint density at radius 2 is 1.65 bits per heavy atom. The van der Waals surface area contributed by atoms with Crippen LogP contribution in [0.3, 0.4) is 0 Å². The Labute approximate surface area is 119 Å². The van der Waals surface area contributed by atoms with Gasteiger partial charge in [0.25, 0.3) is 16.0 Å². The molecule has 0 amide bonds. The number of rotatable bonds is 5. The van der Waals surface area contributed by atoms with Crippen LogP contribution in [0.25, 0.3) is 0 Å². The minimum Gasteiger partial charge on any atom is -0.285 e. The molecule has 0 heterocycles. The first-order valence-electron chi connectivity index (χ1n) is 7.46. The van der Waals surface area contributed by atoms with Crippen LogP contribution in [0.2, 0.25) is 0 Å². The first kappa shape index (κ1) is 16.1. The van der Waals surface area contributed by atoms with Gasteiger partial charge in [-0.3, -0.25) is 4.55 Å². The third-order valence-corrected chi connectivity index (χ3v) is 5.57. The van der Waals surface area contributed by atoms with Crippen molar-refractivity contribution in [2.24, 2.45) is 23.7 Å². The molecule has 0 aliphatic heterocycles. The molecule has 0 saturated heterocycles. The molecule has 0 spiro atoms. The van der Waals surface area contributed by atoms with Gasteiger partial charge in [0.15, 0.2) is 0 Å². The topological polar surface area (TPSA) is 54.4 Å². The van der Waals surface area contributed by atoms with E-state index in [1.165, 1.54) is 19.3 Å². The maximum absolute atomic E-state index is 13.5. The highest BCUT2D eigenvalue weighted by molar-refractivity contribution is 7.85. The SMILES string of the molecule is CC1CC2CC(CCC(F)(F)CS(=O)(=O)O)CC(C1)C2. The number of hydrogen-bond donors (Lipinski definition) is 1. The van der Waals surface area contributed by atoms with E-state index in [-0.39, 0.29) is 0 Å². The van der Waals surface area contributed by atoms with Crippen molar-refractivity contribution < 1.29 is 21.8 Å². The van der Waals surface area contributed by atoms with Gasteiger partial charge in [0.2, 0.25) is 0 Å². The Bertz CT molecular complexity index is 418. The van der Waals surface area contributed by atoms with Crippen molar-refractivity contribution in [1.82, 2.24) is 0 Å². The zero-order valence-corrected chi connectivity index (χ0v) is 12.7. The van der Waals surface area contributed by atoms with Crippen molar-refractivity contribution in [3.05, 3.63) is 0 Å². The van der Waals surface area contributed by atoms with Crippen LogP contribution in [0, 0.1) is 23.7 Å². The van der Waals surface area contributed by atoms with E-state index in [2.05, 4.69) is 6.92 Å². The van der Waals surface area contributed by atoms with Crippen LogP contribution < -0.4 is 0 Å². The summed E-state index contributed by atoms with van der Waals surface area (Å²) in [5.41, 5.74) is 0. The highest BCUT2D eigenvalue weighted by atomic mass is 32.2. The largest absolute Gasteiger partial charge is 0.285 e. The number of halogens is 2. The molecule has 20 heavy (non-hydrogen) atoms. The lowest BCUT2D eigenvalue weighted by atomic mass is 9.64. The fraction of sp³-hybridized carbons (Fsp3) is 1.00. The molecule has 2 aliphatic carbocycles. The van der Waals surface area contributed by atoms with Crippen molar-refractivity contribution in [1.29, 1.82) is 0 Å². The van der Waals surface area contributed by atoms with Crippen molar-refractivity contribution in [3.8, 4) is 0 Å². The predicted molar refractivity (Wildman–Crippen MR) is 73.3 cm³/mol. The lowest BCUT2D eigenvalue weighted by Crippen LogP contribution is -2.32.